The minimum absolute atomic E-state index is 0.529. The molecule has 1 aromatic heterocycles. The van der Waals surface area contributed by atoms with Crippen molar-refractivity contribution in [3.05, 3.63) is 57.8 Å². The zero-order chi connectivity index (χ0) is 10.1. The number of nitrogens with two attached hydrogens (primary N) is 1. The highest BCUT2D eigenvalue weighted by Gasteiger charge is 2.24. The van der Waals surface area contributed by atoms with Gasteiger partial charge in [-0.3, -0.25) is 0 Å². The van der Waals surface area contributed by atoms with Gasteiger partial charge in [-0.25, -0.2) is 0 Å². The lowest BCUT2D eigenvalue weighted by atomic mass is 9.91. The van der Waals surface area contributed by atoms with Gasteiger partial charge in [0.1, 0.15) is 6.04 Å². The van der Waals surface area contributed by atoms with Gasteiger partial charge in [0.25, 0.3) is 0 Å². The van der Waals surface area contributed by atoms with E-state index >= 15 is 0 Å². The summed E-state index contributed by atoms with van der Waals surface area (Å²) in [4.78, 5) is 0. The van der Waals surface area contributed by atoms with Crippen LogP contribution in [0.25, 0.3) is 0 Å². The van der Waals surface area contributed by atoms with Crippen LogP contribution in [0, 0.1) is 0 Å². The van der Waals surface area contributed by atoms with Crippen LogP contribution in [0.4, 0.5) is 0 Å². The maximum absolute atomic E-state index is 2.45. The quantitative estimate of drug-likeness (QED) is 0.750. The number of quaternary nitrogens is 1. The van der Waals surface area contributed by atoms with E-state index in [2.05, 4.69) is 46.4 Å². The summed E-state index contributed by atoms with van der Waals surface area (Å²) in [7, 11) is 0. The lowest BCUT2D eigenvalue weighted by Crippen LogP contribution is -2.87. The van der Waals surface area contributed by atoms with Crippen LogP contribution < -0.4 is 5.32 Å². The molecule has 15 heavy (non-hydrogen) atoms. The van der Waals surface area contributed by atoms with Gasteiger partial charge < -0.3 is 5.32 Å². The molecular formula is C13H14NS+. The molecule has 0 saturated heterocycles. The molecule has 1 aliphatic heterocycles. The lowest BCUT2D eigenvalue weighted by molar-refractivity contribution is -0.690. The van der Waals surface area contributed by atoms with Gasteiger partial charge in [-0.05, 0) is 17.0 Å². The second-order valence-electron chi connectivity index (χ2n) is 4.01. The molecule has 1 aliphatic rings. The Bertz CT molecular complexity index is 447. The molecule has 0 saturated carbocycles. The summed E-state index contributed by atoms with van der Waals surface area (Å²) < 4.78 is 0. The minimum Gasteiger partial charge on any atom is -0.336 e. The summed E-state index contributed by atoms with van der Waals surface area (Å²) in [6.45, 7) is 1.21. The maximum Gasteiger partial charge on any atom is 0.138 e. The van der Waals surface area contributed by atoms with Gasteiger partial charge in [-0.2, -0.15) is 11.3 Å². The molecule has 1 aromatic carbocycles. The molecule has 76 valence electrons. The Kier molecular flexibility index (Phi) is 2.31. The Morgan fingerprint density at radius 2 is 2.13 bits per heavy atom. The predicted octanol–water partition coefficient (Wildman–Crippen LogP) is 1.96. The van der Waals surface area contributed by atoms with E-state index in [1.807, 2.05) is 0 Å². The van der Waals surface area contributed by atoms with Gasteiger partial charge in [0.15, 0.2) is 0 Å². The number of fused-ring (bicyclic) bond motifs is 1. The first-order valence-electron chi connectivity index (χ1n) is 5.38. The predicted molar refractivity (Wildman–Crippen MR) is 63.1 cm³/mol. The minimum atomic E-state index is 0.529. The zero-order valence-electron chi connectivity index (χ0n) is 8.52. The molecule has 2 N–H and O–H groups in total. The van der Waals surface area contributed by atoms with Crippen LogP contribution in [0.5, 0.6) is 0 Å². The van der Waals surface area contributed by atoms with Gasteiger partial charge in [0, 0.05) is 22.9 Å². The van der Waals surface area contributed by atoms with Crippen molar-refractivity contribution in [3.8, 4) is 0 Å². The van der Waals surface area contributed by atoms with E-state index in [-0.39, 0.29) is 0 Å². The monoisotopic (exact) mass is 216 g/mol. The van der Waals surface area contributed by atoms with Crippen LogP contribution in [0.1, 0.15) is 22.7 Å². The summed E-state index contributed by atoms with van der Waals surface area (Å²) >= 11 is 1.79. The van der Waals surface area contributed by atoms with E-state index in [9.17, 15) is 0 Å². The Morgan fingerprint density at radius 3 is 3.00 bits per heavy atom. The van der Waals surface area contributed by atoms with Gasteiger partial charge in [-0.15, -0.1) is 0 Å². The molecule has 2 heteroatoms. The van der Waals surface area contributed by atoms with Gasteiger partial charge >= 0.3 is 0 Å². The van der Waals surface area contributed by atoms with Crippen LogP contribution >= 0.6 is 11.3 Å². The van der Waals surface area contributed by atoms with Crippen LogP contribution in [0.2, 0.25) is 0 Å². The van der Waals surface area contributed by atoms with Crippen molar-refractivity contribution < 1.29 is 5.32 Å². The fraction of sp³-hybridized carbons (Fsp3) is 0.231. The fourth-order valence-corrected chi connectivity index (χ4v) is 3.06. The zero-order valence-corrected chi connectivity index (χ0v) is 9.34. The average molecular weight is 216 g/mol. The molecule has 1 atom stereocenters. The highest BCUT2D eigenvalue weighted by atomic mass is 32.1. The first-order valence-corrected chi connectivity index (χ1v) is 6.32. The van der Waals surface area contributed by atoms with Crippen molar-refractivity contribution in [2.45, 2.75) is 12.5 Å². The van der Waals surface area contributed by atoms with Crippen molar-refractivity contribution in [2.75, 3.05) is 6.54 Å². The van der Waals surface area contributed by atoms with Gasteiger partial charge in [0.05, 0.1) is 6.54 Å². The molecule has 0 spiro atoms. The number of thiophene rings is 1. The molecule has 2 aromatic rings. The van der Waals surface area contributed by atoms with Crippen molar-refractivity contribution in [3.63, 3.8) is 0 Å². The maximum atomic E-state index is 2.45. The third-order valence-electron chi connectivity index (χ3n) is 3.11. The molecule has 0 unspecified atom stereocenters. The fourth-order valence-electron chi connectivity index (χ4n) is 2.37. The van der Waals surface area contributed by atoms with Crippen molar-refractivity contribution in [1.29, 1.82) is 0 Å². The Hall–Kier alpha value is -1.12. The molecule has 0 amide bonds. The summed E-state index contributed by atoms with van der Waals surface area (Å²) in [5.74, 6) is 0. The van der Waals surface area contributed by atoms with Crippen molar-refractivity contribution in [1.82, 2.24) is 0 Å². The SMILES string of the molecule is c1ccc2c(c1)CC[NH2+][C@H]2c1ccsc1. The van der Waals surface area contributed by atoms with Crippen molar-refractivity contribution in [2.24, 2.45) is 0 Å². The Labute approximate surface area is 93.8 Å². The first kappa shape index (κ1) is 9.13. The Balaban J connectivity index is 2.06. The highest BCUT2D eigenvalue weighted by molar-refractivity contribution is 7.07. The van der Waals surface area contributed by atoms with E-state index in [0.717, 1.165) is 0 Å². The van der Waals surface area contributed by atoms with Crippen LogP contribution in [0.3, 0.4) is 0 Å². The number of benzene rings is 1. The molecule has 1 nitrogen and oxygen atoms in total. The van der Waals surface area contributed by atoms with E-state index in [1.54, 1.807) is 11.3 Å². The number of hydrogen-bond donors (Lipinski definition) is 1. The smallest absolute Gasteiger partial charge is 0.138 e. The second-order valence-corrected chi connectivity index (χ2v) is 4.79. The summed E-state index contributed by atoms with van der Waals surface area (Å²) in [5.41, 5.74) is 4.48. The summed E-state index contributed by atoms with van der Waals surface area (Å²) in [6, 6.07) is 11.6. The van der Waals surface area contributed by atoms with E-state index in [0.29, 0.717) is 6.04 Å². The van der Waals surface area contributed by atoms with E-state index < -0.39 is 0 Å². The van der Waals surface area contributed by atoms with E-state index in [4.69, 9.17) is 0 Å². The summed E-state index contributed by atoms with van der Waals surface area (Å²) in [5, 5.41) is 6.88. The van der Waals surface area contributed by atoms with Crippen LogP contribution in [0.15, 0.2) is 41.1 Å². The Morgan fingerprint density at radius 1 is 1.20 bits per heavy atom. The molecule has 0 fully saturated rings. The number of hydrogen-bond acceptors (Lipinski definition) is 1. The molecule has 0 bridgehead atoms. The standard InChI is InChI=1S/C13H13NS/c1-2-4-12-10(3-1)5-7-14-13(12)11-6-8-15-9-11/h1-4,6,8-9,13-14H,5,7H2/p+1/t13-/m0/s1. The molecular weight excluding hydrogens is 202 g/mol. The third-order valence-corrected chi connectivity index (χ3v) is 3.81. The average Bonchev–Trinajstić information content (AvgIpc) is 2.82. The first-order chi connectivity index (χ1) is 7.45. The van der Waals surface area contributed by atoms with Gasteiger partial charge in [0.2, 0.25) is 0 Å². The lowest BCUT2D eigenvalue weighted by Gasteiger charge is -2.23. The third kappa shape index (κ3) is 1.60. The topological polar surface area (TPSA) is 16.6 Å². The molecule has 3 rings (SSSR count). The van der Waals surface area contributed by atoms with Crippen molar-refractivity contribution >= 4 is 11.3 Å². The molecule has 2 heterocycles. The molecule has 0 radical (unpaired) electrons. The second kappa shape index (κ2) is 3.80. The van der Waals surface area contributed by atoms with Crippen LogP contribution in [-0.4, -0.2) is 6.54 Å². The normalized spacial score (nSPS) is 19.9. The summed E-state index contributed by atoms with van der Waals surface area (Å²) in [6.07, 6.45) is 1.21. The largest absolute Gasteiger partial charge is 0.336 e. The number of rotatable bonds is 1. The van der Waals surface area contributed by atoms with Gasteiger partial charge in [-0.1, -0.05) is 24.3 Å². The van der Waals surface area contributed by atoms with Crippen LogP contribution in [-0.2, 0) is 6.42 Å². The molecule has 0 aliphatic carbocycles. The van der Waals surface area contributed by atoms with E-state index in [1.165, 1.54) is 29.7 Å². The highest BCUT2D eigenvalue weighted by Crippen LogP contribution is 2.25.